The van der Waals surface area contributed by atoms with E-state index in [2.05, 4.69) is 41.8 Å². The van der Waals surface area contributed by atoms with E-state index < -0.39 is 0 Å². The third-order valence-corrected chi connectivity index (χ3v) is 4.21. The van der Waals surface area contributed by atoms with Gasteiger partial charge in [0, 0.05) is 23.5 Å². The Hall–Kier alpha value is -2.29. The van der Waals surface area contributed by atoms with E-state index in [-0.39, 0.29) is 5.91 Å². The Balaban J connectivity index is 1.86. The molecule has 2 N–H and O–H groups in total. The summed E-state index contributed by atoms with van der Waals surface area (Å²) in [7, 11) is 0. The van der Waals surface area contributed by atoms with Crippen LogP contribution in [0.3, 0.4) is 0 Å². The van der Waals surface area contributed by atoms with Gasteiger partial charge in [0.25, 0.3) is 5.91 Å². The van der Waals surface area contributed by atoms with Crippen LogP contribution in [0, 0.1) is 20.8 Å². The second kappa shape index (κ2) is 5.84. The lowest BCUT2D eigenvalue weighted by atomic mass is 9.99. The SMILES string of the molecule is Cc1cc(C)c(C(=O)Nc2ccc3c(c2)CCCN3)c(C)c1. The maximum absolute atomic E-state index is 12.6. The molecule has 114 valence electrons. The fraction of sp³-hybridized carbons (Fsp3) is 0.316. The fourth-order valence-electron chi connectivity index (χ4n) is 3.28. The lowest BCUT2D eigenvalue weighted by Crippen LogP contribution is -2.16. The standard InChI is InChI=1S/C19H22N2O/c1-12-9-13(2)18(14(3)10-12)19(22)21-16-6-7-17-15(11-16)5-4-8-20-17/h6-7,9-11,20H,4-5,8H2,1-3H3,(H,21,22). The summed E-state index contributed by atoms with van der Waals surface area (Å²) in [6, 6.07) is 10.2. The predicted molar refractivity (Wildman–Crippen MR) is 91.9 cm³/mol. The van der Waals surface area contributed by atoms with Crippen molar-refractivity contribution in [3.8, 4) is 0 Å². The van der Waals surface area contributed by atoms with Gasteiger partial charge in [-0.1, -0.05) is 17.7 Å². The first-order valence-corrected chi connectivity index (χ1v) is 7.80. The summed E-state index contributed by atoms with van der Waals surface area (Å²) in [5.41, 5.74) is 7.34. The maximum Gasteiger partial charge on any atom is 0.256 e. The fourth-order valence-corrected chi connectivity index (χ4v) is 3.28. The molecular formula is C19H22N2O. The first-order valence-electron chi connectivity index (χ1n) is 7.80. The second-order valence-electron chi connectivity index (χ2n) is 6.13. The highest BCUT2D eigenvalue weighted by Crippen LogP contribution is 2.26. The minimum absolute atomic E-state index is 0.0290. The smallest absolute Gasteiger partial charge is 0.256 e. The van der Waals surface area contributed by atoms with Crippen LogP contribution in [0.15, 0.2) is 30.3 Å². The maximum atomic E-state index is 12.6. The molecule has 1 heterocycles. The Morgan fingerprint density at radius 1 is 1.09 bits per heavy atom. The number of benzene rings is 2. The van der Waals surface area contributed by atoms with E-state index >= 15 is 0 Å². The molecule has 0 unspecified atom stereocenters. The molecule has 0 saturated heterocycles. The summed E-state index contributed by atoms with van der Waals surface area (Å²) in [6.45, 7) is 7.07. The summed E-state index contributed by atoms with van der Waals surface area (Å²) < 4.78 is 0. The molecular weight excluding hydrogens is 272 g/mol. The molecule has 1 aliphatic rings. The van der Waals surface area contributed by atoms with Gasteiger partial charge in [0.05, 0.1) is 0 Å². The Kier molecular flexibility index (Phi) is 3.88. The molecule has 3 rings (SSSR count). The number of nitrogens with one attached hydrogen (secondary N) is 2. The molecule has 0 spiro atoms. The molecule has 0 aliphatic carbocycles. The number of carbonyl (C=O) groups excluding carboxylic acids is 1. The minimum atomic E-state index is -0.0290. The van der Waals surface area contributed by atoms with Crippen molar-refractivity contribution in [2.24, 2.45) is 0 Å². The van der Waals surface area contributed by atoms with Crippen LogP contribution in [0.2, 0.25) is 0 Å². The summed E-state index contributed by atoms with van der Waals surface area (Å²) in [5, 5.41) is 6.43. The molecule has 3 nitrogen and oxygen atoms in total. The number of anilines is 2. The normalized spacial score (nSPS) is 13.2. The van der Waals surface area contributed by atoms with Crippen molar-refractivity contribution < 1.29 is 4.79 Å². The van der Waals surface area contributed by atoms with Gasteiger partial charge < -0.3 is 10.6 Å². The summed E-state index contributed by atoms with van der Waals surface area (Å²) >= 11 is 0. The van der Waals surface area contributed by atoms with Gasteiger partial charge in [-0.2, -0.15) is 0 Å². The van der Waals surface area contributed by atoms with E-state index in [1.54, 1.807) is 0 Å². The molecule has 2 aromatic carbocycles. The van der Waals surface area contributed by atoms with Gasteiger partial charge in [-0.25, -0.2) is 0 Å². The zero-order chi connectivity index (χ0) is 15.7. The van der Waals surface area contributed by atoms with Crippen molar-refractivity contribution in [1.82, 2.24) is 0 Å². The first-order chi connectivity index (χ1) is 10.5. The third-order valence-electron chi connectivity index (χ3n) is 4.21. The number of fused-ring (bicyclic) bond motifs is 1. The van der Waals surface area contributed by atoms with Crippen LogP contribution in [0.5, 0.6) is 0 Å². The number of amides is 1. The Labute approximate surface area is 131 Å². The molecule has 0 fully saturated rings. The Bertz CT molecular complexity index is 711. The largest absolute Gasteiger partial charge is 0.385 e. The summed E-state index contributed by atoms with van der Waals surface area (Å²) in [4.78, 5) is 12.6. The van der Waals surface area contributed by atoms with E-state index in [1.807, 2.05) is 19.9 Å². The number of hydrogen-bond acceptors (Lipinski definition) is 2. The van der Waals surface area contributed by atoms with Crippen molar-refractivity contribution in [3.05, 3.63) is 58.1 Å². The first kappa shape index (κ1) is 14.6. The highest BCUT2D eigenvalue weighted by atomic mass is 16.1. The molecule has 0 radical (unpaired) electrons. The molecule has 1 amide bonds. The quantitative estimate of drug-likeness (QED) is 0.870. The lowest BCUT2D eigenvalue weighted by Gasteiger charge is -2.19. The molecule has 0 aromatic heterocycles. The Morgan fingerprint density at radius 3 is 2.55 bits per heavy atom. The van der Waals surface area contributed by atoms with Gasteiger partial charge in [0.15, 0.2) is 0 Å². The van der Waals surface area contributed by atoms with Crippen LogP contribution < -0.4 is 10.6 Å². The lowest BCUT2D eigenvalue weighted by molar-refractivity contribution is 0.102. The summed E-state index contributed by atoms with van der Waals surface area (Å²) in [5.74, 6) is -0.0290. The average molecular weight is 294 g/mol. The van der Waals surface area contributed by atoms with Crippen LogP contribution in [0.4, 0.5) is 11.4 Å². The topological polar surface area (TPSA) is 41.1 Å². The highest BCUT2D eigenvalue weighted by molar-refractivity contribution is 6.06. The number of carbonyl (C=O) groups is 1. The van der Waals surface area contributed by atoms with Crippen LogP contribution in [-0.4, -0.2) is 12.5 Å². The average Bonchev–Trinajstić information content (AvgIpc) is 2.46. The van der Waals surface area contributed by atoms with Crippen LogP contribution in [0.1, 0.15) is 39.0 Å². The molecule has 0 bridgehead atoms. The molecule has 2 aromatic rings. The van der Waals surface area contributed by atoms with Gasteiger partial charge >= 0.3 is 0 Å². The van der Waals surface area contributed by atoms with Gasteiger partial charge in [0.1, 0.15) is 0 Å². The molecule has 0 atom stereocenters. The molecule has 3 heteroatoms. The van der Waals surface area contributed by atoms with Crippen molar-refractivity contribution >= 4 is 17.3 Å². The second-order valence-corrected chi connectivity index (χ2v) is 6.13. The zero-order valence-corrected chi connectivity index (χ0v) is 13.4. The van der Waals surface area contributed by atoms with E-state index in [0.717, 1.165) is 41.8 Å². The van der Waals surface area contributed by atoms with E-state index in [4.69, 9.17) is 0 Å². The van der Waals surface area contributed by atoms with Gasteiger partial charge in [0.2, 0.25) is 0 Å². The van der Waals surface area contributed by atoms with Crippen LogP contribution >= 0.6 is 0 Å². The van der Waals surface area contributed by atoms with Crippen molar-refractivity contribution in [3.63, 3.8) is 0 Å². The monoisotopic (exact) mass is 294 g/mol. The van der Waals surface area contributed by atoms with Gasteiger partial charge in [-0.3, -0.25) is 4.79 Å². The molecule has 1 aliphatic heterocycles. The van der Waals surface area contributed by atoms with E-state index in [1.165, 1.54) is 16.8 Å². The van der Waals surface area contributed by atoms with Crippen molar-refractivity contribution in [2.75, 3.05) is 17.2 Å². The predicted octanol–water partition coefficient (Wildman–Crippen LogP) is 4.22. The van der Waals surface area contributed by atoms with Gasteiger partial charge in [-0.15, -0.1) is 0 Å². The van der Waals surface area contributed by atoms with Crippen molar-refractivity contribution in [1.29, 1.82) is 0 Å². The van der Waals surface area contributed by atoms with Crippen LogP contribution in [0.25, 0.3) is 0 Å². The van der Waals surface area contributed by atoms with Gasteiger partial charge in [-0.05, 0) is 68.5 Å². The van der Waals surface area contributed by atoms with E-state index in [9.17, 15) is 4.79 Å². The minimum Gasteiger partial charge on any atom is -0.385 e. The number of hydrogen-bond donors (Lipinski definition) is 2. The van der Waals surface area contributed by atoms with E-state index in [0.29, 0.717) is 0 Å². The van der Waals surface area contributed by atoms with Crippen molar-refractivity contribution in [2.45, 2.75) is 33.6 Å². The molecule has 0 saturated carbocycles. The molecule has 22 heavy (non-hydrogen) atoms. The zero-order valence-electron chi connectivity index (χ0n) is 13.4. The summed E-state index contributed by atoms with van der Waals surface area (Å²) in [6.07, 6.45) is 2.20. The van der Waals surface area contributed by atoms with Crippen LogP contribution in [-0.2, 0) is 6.42 Å². The highest BCUT2D eigenvalue weighted by Gasteiger charge is 2.14. The Morgan fingerprint density at radius 2 is 1.82 bits per heavy atom. The number of rotatable bonds is 2. The third kappa shape index (κ3) is 2.84. The number of aryl methyl sites for hydroxylation is 4.